The second kappa shape index (κ2) is 4.74. The molecule has 0 saturated heterocycles. The van der Waals surface area contributed by atoms with Crippen LogP contribution in [0.25, 0.3) is 0 Å². The predicted octanol–water partition coefficient (Wildman–Crippen LogP) is 2.33. The smallest absolute Gasteiger partial charge is 0.231 e. The first-order valence-corrected chi connectivity index (χ1v) is 6.77. The molecule has 0 saturated carbocycles. The van der Waals surface area contributed by atoms with Crippen LogP contribution in [-0.4, -0.2) is 18.7 Å². The number of ketones is 1. The van der Waals surface area contributed by atoms with Gasteiger partial charge >= 0.3 is 0 Å². The van der Waals surface area contributed by atoms with E-state index in [0.717, 1.165) is 16.8 Å². The monoisotopic (exact) mass is 280 g/mol. The fraction of sp³-hybridized carbons (Fsp3) is 0.176. The van der Waals surface area contributed by atoms with Crippen LogP contribution in [0.5, 0.6) is 0 Å². The zero-order chi connectivity index (χ0) is 15.1. The summed E-state index contributed by atoms with van der Waals surface area (Å²) in [5.74, 6) is -0.0271. The van der Waals surface area contributed by atoms with Crippen molar-refractivity contribution in [2.24, 2.45) is 0 Å². The van der Waals surface area contributed by atoms with E-state index < -0.39 is 0 Å². The van der Waals surface area contributed by atoms with Crippen LogP contribution in [-0.2, 0) is 11.2 Å². The molecule has 1 heterocycles. The molecule has 2 N–H and O–H groups in total. The maximum absolute atomic E-state index is 12.5. The molecule has 0 atom stereocenters. The van der Waals surface area contributed by atoms with Crippen molar-refractivity contribution in [2.45, 2.75) is 13.3 Å². The van der Waals surface area contributed by atoms with Crippen LogP contribution in [0.15, 0.2) is 36.4 Å². The molecule has 21 heavy (non-hydrogen) atoms. The molecule has 1 aliphatic rings. The van der Waals surface area contributed by atoms with E-state index in [2.05, 4.69) is 0 Å². The second-order valence-corrected chi connectivity index (χ2v) is 5.37. The fourth-order valence-electron chi connectivity index (χ4n) is 2.56. The van der Waals surface area contributed by atoms with Crippen LogP contribution in [0.2, 0.25) is 0 Å². The van der Waals surface area contributed by atoms with Gasteiger partial charge in [-0.05, 0) is 42.3 Å². The van der Waals surface area contributed by atoms with E-state index in [1.165, 1.54) is 0 Å². The Hall–Kier alpha value is -2.62. The van der Waals surface area contributed by atoms with E-state index in [1.54, 1.807) is 36.2 Å². The number of carbonyl (C=O) groups excluding carboxylic acids is 2. The molecule has 2 aromatic rings. The highest BCUT2D eigenvalue weighted by molar-refractivity contribution is 6.11. The first-order valence-electron chi connectivity index (χ1n) is 6.77. The van der Waals surface area contributed by atoms with Crippen molar-refractivity contribution in [3.63, 3.8) is 0 Å². The summed E-state index contributed by atoms with van der Waals surface area (Å²) in [5.41, 5.74) is 10.3. The molecule has 1 aliphatic heterocycles. The third kappa shape index (κ3) is 2.18. The molecule has 0 bridgehead atoms. The number of carbonyl (C=O) groups is 2. The van der Waals surface area contributed by atoms with Gasteiger partial charge in [0.05, 0.1) is 6.42 Å². The lowest BCUT2D eigenvalue weighted by Gasteiger charge is -2.10. The summed E-state index contributed by atoms with van der Waals surface area (Å²) in [4.78, 5) is 25.8. The van der Waals surface area contributed by atoms with Crippen LogP contribution in [0.3, 0.4) is 0 Å². The van der Waals surface area contributed by atoms with E-state index in [9.17, 15) is 9.59 Å². The molecule has 1 amide bonds. The number of benzene rings is 2. The summed E-state index contributed by atoms with van der Waals surface area (Å²) in [6.45, 7) is 1.90. The Labute approximate surface area is 123 Å². The Kier molecular flexibility index (Phi) is 3.01. The van der Waals surface area contributed by atoms with E-state index in [4.69, 9.17) is 5.73 Å². The molecular formula is C17H16N2O2. The highest BCUT2D eigenvalue weighted by Gasteiger charge is 2.25. The van der Waals surface area contributed by atoms with Crippen LogP contribution in [0.4, 0.5) is 11.4 Å². The summed E-state index contributed by atoms with van der Waals surface area (Å²) < 4.78 is 0. The number of hydrogen-bond acceptors (Lipinski definition) is 3. The summed E-state index contributed by atoms with van der Waals surface area (Å²) in [7, 11) is 1.75. The first kappa shape index (κ1) is 13.4. The van der Waals surface area contributed by atoms with Crippen molar-refractivity contribution in [1.29, 1.82) is 0 Å². The van der Waals surface area contributed by atoms with Gasteiger partial charge in [-0.25, -0.2) is 0 Å². The van der Waals surface area contributed by atoms with Crippen LogP contribution < -0.4 is 10.6 Å². The summed E-state index contributed by atoms with van der Waals surface area (Å²) in [5, 5.41) is 0. The fourth-order valence-corrected chi connectivity index (χ4v) is 2.56. The lowest BCUT2D eigenvalue weighted by Crippen LogP contribution is -2.20. The number of nitrogens with two attached hydrogens (primary N) is 1. The van der Waals surface area contributed by atoms with Crippen molar-refractivity contribution in [3.05, 3.63) is 58.7 Å². The molecule has 0 fully saturated rings. The van der Waals surface area contributed by atoms with Gasteiger partial charge < -0.3 is 10.6 Å². The number of aryl methyl sites for hydroxylation is 1. The van der Waals surface area contributed by atoms with E-state index in [1.807, 2.05) is 19.1 Å². The Morgan fingerprint density at radius 3 is 2.52 bits per heavy atom. The number of fused-ring (bicyclic) bond motifs is 1. The molecule has 0 aliphatic carbocycles. The Morgan fingerprint density at radius 1 is 1.14 bits per heavy atom. The lowest BCUT2D eigenvalue weighted by atomic mass is 9.99. The van der Waals surface area contributed by atoms with Gasteiger partial charge in [0.2, 0.25) is 5.91 Å². The minimum absolute atomic E-state index is 0.0502. The average Bonchev–Trinajstić information content (AvgIpc) is 2.76. The van der Waals surface area contributed by atoms with Crippen molar-refractivity contribution < 1.29 is 9.59 Å². The van der Waals surface area contributed by atoms with Crippen molar-refractivity contribution in [1.82, 2.24) is 0 Å². The second-order valence-electron chi connectivity index (χ2n) is 5.37. The molecule has 106 valence electrons. The van der Waals surface area contributed by atoms with Gasteiger partial charge in [0, 0.05) is 29.5 Å². The van der Waals surface area contributed by atoms with Crippen LogP contribution in [0, 0.1) is 6.92 Å². The van der Waals surface area contributed by atoms with Gasteiger partial charge in [-0.3, -0.25) is 9.59 Å². The predicted molar refractivity (Wildman–Crippen MR) is 82.6 cm³/mol. The molecule has 4 heteroatoms. The topological polar surface area (TPSA) is 63.4 Å². The summed E-state index contributed by atoms with van der Waals surface area (Å²) in [6.07, 6.45) is 0.350. The normalized spacial score (nSPS) is 13.4. The number of rotatable bonds is 2. The molecule has 2 aromatic carbocycles. The maximum atomic E-state index is 12.5. The van der Waals surface area contributed by atoms with E-state index in [-0.39, 0.29) is 11.7 Å². The zero-order valence-corrected chi connectivity index (χ0v) is 12.0. The van der Waals surface area contributed by atoms with Crippen molar-refractivity contribution in [2.75, 3.05) is 17.7 Å². The van der Waals surface area contributed by atoms with Gasteiger partial charge in [-0.1, -0.05) is 12.1 Å². The molecular weight excluding hydrogens is 264 g/mol. The Balaban J connectivity index is 1.98. The van der Waals surface area contributed by atoms with Gasteiger partial charge in [0.25, 0.3) is 0 Å². The van der Waals surface area contributed by atoms with Crippen molar-refractivity contribution >= 4 is 23.1 Å². The molecule has 0 aromatic heterocycles. The number of nitrogens with zero attached hydrogens (tertiary/aromatic N) is 1. The highest BCUT2D eigenvalue weighted by atomic mass is 16.2. The Morgan fingerprint density at radius 2 is 1.81 bits per heavy atom. The lowest BCUT2D eigenvalue weighted by molar-refractivity contribution is -0.117. The third-order valence-corrected chi connectivity index (χ3v) is 3.96. The first-order chi connectivity index (χ1) is 9.97. The van der Waals surface area contributed by atoms with Gasteiger partial charge in [-0.15, -0.1) is 0 Å². The minimum atomic E-state index is -0.0773. The average molecular weight is 280 g/mol. The molecule has 0 unspecified atom stereocenters. The standard InChI is InChI=1S/C17H16N2O2/c1-10-3-4-12(8-14(10)18)17(21)11-5-6-15-13(7-11)9-16(20)19(15)2/h3-8H,9,18H2,1-2H3. The van der Waals surface area contributed by atoms with Gasteiger partial charge in [0.15, 0.2) is 5.78 Å². The SMILES string of the molecule is Cc1ccc(C(=O)c2ccc3c(c2)CC(=O)N3C)cc1N. The van der Waals surface area contributed by atoms with Crippen molar-refractivity contribution in [3.8, 4) is 0 Å². The number of amides is 1. The van der Waals surface area contributed by atoms with Crippen LogP contribution in [0.1, 0.15) is 27.0 Å². The minimum Gasteiger partial charge on any atom is -0.398 e. The van der Waals surface area contributed by atoms with E-state index in [0.29, 0.717) is 23.2 Å². The van der Waals surface area contributed by atoms with E-state index >= 15 is 0 Å². The molecule has 4 nitrogen and oxygen atoms in total. The number of nitrogen functional groups attached to an aromatic ring is 1. The molecule has 3 rings (SSSR count). The number of hydrogen-bond donors (Lipinski definition) is 1. The highest BCUT2D eigenvalue weighted by Crippen LogP contribution is 2.29. The maximum Gasteiger partial charge on any atom is 0.231 e. The zero-order valence-electron chi connectivity index (χ0n) is 12.0. The summed E-state index contributed by atoms with van der Waals surface area (Å²) in [6, 6.07) is 10.7. The third-order valence-electron chi connectivity index (χ3n) is 3.96. The number of likely N-dealkylation sites (N-methyl/N-ethyl adjacent to an activating group) is 1. The molecule has 0 spiro atoms. The molecule has 0 radical (unpaired) electrons. The number of anilines is 2. The Bertz CT molecular complexity index is 765. The summed E-state index contributed by atoms with van der Waals surface area (Å²) >= 11 is 0. The van der Waals surface area contributed by atoms with Gasteiger partial charge in [0.1, 0.15) is 0 Å². The van der Waals surface area contributed by atoms with Gasteiger partial charge in [-0.2, -0.15) is 0 Å². The van der Waals surface area contributed by atoms with Crippen LogP contribution >= 0.6 is 0 Å². The largest absolute Gasteiger partial charge is 0.398 e. The quantitative estimate of drug-likeness (QED) is 0.678.